The molecule has 0 atom stereocenters. The van der Waals surface area contributed by atoms with E-state index in [-0.39, 0.29) is 6.61 Å². The molecule has 0 aromatic carbocycles. The minimum atomic E-state index is 0.129. The van der Waals surface area contributed by atoms with Crippen molar-refractivity contribution in [3.8, 4) is 0 Å². The standard InChI is InChI=1S/C6H10O.H2O2/c1-2-3-4-5-6-7;1-2/h2-5,7H,6H2,1H3;1-2H/b3-2+,5-4+;. The Morgan fingerprint density at radius 2 is 1.78 bits per heavy atom. The van der Waals surface area contributed by atoms with Crippen LogP contribution in [0.25, 0.3) is 0 Å². The van der Waals surface area contributed by atoms with Crippen LogP contribution >= 0.6 is 0 Å². The van der Waals surface area contributed by atoms with E-state index >= 15 is 0 Å². The van der Waals surface area contributed by atoms with Gasteiger partial charge in [0.15, 0.2) is 0 Å². The number of hydrogen-bond donors (Lipinski definition) is 3. The van der Waals surface area contributed by atoms with Gasteiger partial charge in [-0.1, -0.05) is 24.3 Å². The average Bonchev–Trinajstić information content (AvgIpc) is 1.94. The Kier molecular flexibility index (Phi) is 19.5. The first-order valence-corrected chi connectivity index (χ1v) is 2.50. The van der Waals surface area contributed by atoms with Crippen LogP contribution in [0.4, 0.5) is 0 Å². The third kappa shape index (κ3) is 18.7. The molecule has 0 radical (unpaired) electrons. The van der Waals surface area contributed by atoms with Crippen molar-refractivity contribution in [2.75, 3.05) is 6.61 Å². The van der Waals surface area contributed by atoms with Gasteiger partial charge >= 0.3 is 0 Å². The van der Waals surface area contributed by atoms with Gasteiger partial charge in [-0.25, -0.2) is 0 Å². The third-order valence-electron chi connectivity index (χ3n) is 0.545. The molecule has 3 heteroatoms. The Bertz CT molecular complexity index is 76.4. The van der Waals surface area contributed by atoms with Gasteiger partial charge in [0.1, 0.15) is 0 Å². The van der Waals surface area contributed by atoms with Crippen LogP contribution in [0.15, 0.2) is 24.3 Å². The maximum Gasteiger partial charge on any atom is 0.0615 e. The summed E-state index contributed by atoms with van der Waals surface area (Å²) < 4.78 is 0. The first kappa shape index (κ1) is 11.2. The zero-order valence-corrected chi connectivity index (χ0v) is 5.36. The summed E-state index contributed by atoms with van der Waals surface area (Å²) in [5.41, 5.74) is 0. The molecule has 0 fully saturated rings. The molecule has 0 aromatic rings. The molecule has 0 heterocycles. The van der Waals surface area contributed by atoms with Gasteiger partial charge in [0.05, 0.1) is 6.61 Å². The fourth-order valence-electron chi connectivity index (χ4n) is 0.251. The fraction of sp³-hybridized carbons (Fsp3) is 0.333. The molecule has 0 amide bonds. The number of hydrogen-bond acceptors (Lipinski definition) is 3. The van der Waals surface area contributed by atoms with Crippen LogP contribution in [-0.2, 0) is 0 Å². The minimum absolute atomic E-state index is 0.129. The second-order valence-corrected chi connectivity index (χ2v) is 1.14. The van der Waals surface area contributed by atoms with Crippen molar-refractivity contribution in [1.29, 1.82) is 0 Å². The van der Waals surface area contributed by atoms with Crippen molar-refractivity contribution >= 4 is 0 Å². The van der Waals surface area contributed by atoms with E-state index in [0.29, 0.717) is 0 Å². The maximum absolute atomic E-state index is 8.17. The molecule has 9 heavy (non-hydrogen) atoms. The number of allylic oxidation sites excluding steroid dienone is 3. The highest BCUT2D eigenvalue weighted by molar-refractivity contribution is 5.00. The van der Waals surface area contributed by atoms with E-state index in [0.717, 1.165) is 0 Å². The molecule has 0 aromatic heterocycles. The highest BCUT2D eigenvalue weighted by atomic mass is 17.0. The lowest BCUT2D eigenvalue weighted by Crippen LogP contribution is -1.66. The van der Waals surface area contributed by atoms with Gasteiger partial charge in [-0.15, -0.1) is 0 Å². The Labute approximate surface area is 54.5 Å². The first-order chi connectivity index (χ1) is 4.41. The van der Waals surface area contributed by atoms with Crippen molar-refractivity contribution in [3.63, 3.8) is 0 Å². The van der Waals surface area contributed by atoms with Crippen LogP contribution in [0.2, 0.25) is 0 Å². The summed E-state index contributed by atoms with van der Waals surface area (Å²) in [4.78, 5) is 0. The van der Waals surface area contributed by atoms with E-state index in [4.69, 9.17) is 15.6 Å². The van der Waals surface area contributed by atoms with Crippen LogP contribution in [0.5, 0.6) is 0 Å². The molecule has 0 unspecified atom stereocenters. The topological polar surface area (TPSA) is 60.7 Å². The third-order valence-corrected chi connectivity index (χ3v) is 0.545. The van der Waals surface area contributed by atoms with Crippen molar-refractivity contribution in [3.05, 3.63) is 24.3 Å². The van der Waals surface area contributed by atoms with Gasteiger partial charge in [0.25, 0.3) is 0 Å². The Morgan fingerprint density at radius 3 is 2.11 bits per heavy atom. The van der Waals surface area contributed by atoms with Crippen LogP contribution in [0.3, 0.4) is 0 Å². The van der Waals surface area contributed by atoms with Crippen molar-refractivity contribution in [2.24, 2.45) is 0 Å². The lowest BCUT2D eigenvalue weighted by molar-refractivity contribution is -0.176. The fourth-order valence-corrected chi connectivity index (χ4v) is 0.251. The zero-order valence-electron chi connectivity index (χ0n) is 5.36. The summed E-state index contributed by atoms with van der Waals surface area (Å²) in [6.07, 6.45) is 7.27. The summed E-state index contributed by atoms with van der Waals surface area (Å²) in [6, 6.07) is 0. The van der Waals surface area contributed by atoms with E-state index < -0.39 is 0 Å². The molecule has 0 aliphatic rings. The molecule has 3 N–H and O–H groups in total. The highest BCUT2D eigenvalue weighted by Crippen LogP contribution is 1.72. The van der Waals surface area contributed by atoms with Gasteiger partial charge < -0.3 is 5.11 Å². The lowest BCUT2D eigenvalue weighted by atomic mass is 10.4. The summed E-state index contributed by atoms with van der Waals surface area (Å²) >= 11 is 0. The normalized spacial score (nSPS) is 9.78. The SMILES string of the molecule is C/C=C/C=C/CO.OO. The van der Waals surface area contributed by atoms with E-state index in [2.05, 4.69) is 0 Å². The van der Waals surface area contributed by atoms with E-state index in [9.17, 15) is 0 Å². The summed E-state index contributed by atoms with van der Waals surface area (Å²) in [5, 5.41) is 20.2. The Morgan fingerprint density at radius 1 is 1.22 bits per heavy atom. The van der Waals surface area contributed by atoms with E-state index in [1.165, 1.54) is 0 Å². The van der Waals surface area contributed by atoms with Crippen LogP contribution in [0, 0.1) is 0 Å². The van der Waals surface area contributed by atoms with Crippen molar-refractivity contribution < 1.29 is 15.6 Å². The predicted molar refractivity (Wildman–Crippen MR) is 36.3 cm³/mol. The first-order valence-electron chi connectivity index (χ1n) is 2.50. The van der Waals surface area contributed by atoms with Crippen LogP contribution in [0.1, 0.15) is 6.92 Å². The Hall–Kier alpha value is -0.640. The highest BCUT2D eigenvalue weighted by Gasteiger charge is 1.58. The zero-order chi connectivity index (χ0) is 7.54. The summed E-state index contributed by atoms with van der Waals surface area (Å²) in [6.45, 7) is 2.06. The second-order valence-electron chi connectivity index (χ2n) is 1.14. The van der Waals surface area contributed by atoms with Crippen molar-refractivity contribution in [1.82, 2.24) is 0 Å². The largest absolute Gasteiger partial charge is 0.392 e. The average molecular weight is 132 g/mol. The predicted octanol–water partition coefficient (Wildman–Crippen LogP) is 1.13. The van der Waals surface area contributed by atoms with Gasteiger partial charge in [0.2, 0.25) is 0 Å². The maximum atomic E-state index is 8.17. The van der Waals surface area contributed by atoms with Gasteiger partial charge in [-0.05, 0) is 6.92 Å². The van der Waals surface area contributed by atoms with Gasteiger partial charge in [-0.3, -0.25) is 10.5 Å². The monoisotopic (exact) mass is 132 g/mol. The van der Waals surface area contributed by atoms with Gasteiger partial charge in [0, 0.05) is 0 Å². The molecular formula is C6H12O3. The number of aliphatic hydroxyl groups excluding tert-OH is 1. The lowest BCUT2D eigenvalue weighted by Gasteiger charge is -1.70. The van der Waals surface area contributed by atoms with E-state index in [1.54, 1.807) is 12.2 Å². The molecule has 0 bridgehead atoms. The quantitative estimate of drug-likeness (QED) is 0.300. The molecule has 0 aliphatic carbocycles. The smallest absolute Gasteiger partial charge is 0.0615 e. The number of aliphatic hydroxyl groups is 1. The van der Waals surface area contributed by atoms with Crippen LogP contribution in [-0.4, -0.2) is 22.2 Å². The van der Waals surface area contributed by atoms with Crippen molar-refractivity contribution in [2.45, 2.75) is 6.92 Å². The molecule has 0 saturated carbocycles. The molecule has 0 aliphatic heterocycles. The molecule has 0 spiro atoms. The molecule has 0 rings (SSSR count). The van der Waals surface area contributed by atoms with Crippen LogP contribution < -0.4 is 0 Å². The minimum Gasteiger partial charge on any atom is -0.392 e. The van der Waals surface area contributed by atoms with E-state index in [1.807, 2.05) is 19.1 Å². The molecule has 0 saturated heterocycles. The molecule has 54 valence electrons. The van der Waals surface area contributed by atoms with Gasteiger partial charge in [-0.2, -0.15) is 0 Å². The number of rotatable bonds is 2. The Balaban J connectivity index is 0. The summed E-state index contributed by atoms with van der Waals surface area (Å²) in [5.74, 6) is 0. The molecule has 3 nitrogen and oxygen atoms in total. The summed E-state index contributed by atoms with van der Waals surface area (Å²) in [7, 11) is 0. The second kappa shape index (κ2) is 15.7. The molecular weight excluding hydrogens is 120 g/mol.